The molecule has 0 amide bonds. The van der Waals surface area contributed by atoms with E-state index in [-0.39, 0.29) is 29.1 Å². The molecule has 2 aromatic rings. The smallest absolute Gasteiger partial charge is 0.330 e. The van der Waals surface area contributed by atoms with Crippen LogP contribution < -0.4 is 17.0 Å². The van der Waals surface area contributed by atoms with E-state index in [0.29, 0.717) is 5.69 Å². The van der Waals surface area contributed by atoms with Crippen LogP contribution in [0.4, 0.5) is 0 Å². The summed E-state index contributed by atoms with van der Waals surface area (Å²) in [5, 5.41) is 5.23. The summed E-state index contributed by atoms with van der Waals surface area (Å²) >= 11 is 0. The lowest BCUT2D eigenvalue weighted by atomic mass is 10.0. The molecule has 29 heavy (non-hydrogen) atoms. The Hall–Kier alpha value is -1.44. The highest BCUT2D eigenvalue weighted by molar-refractivity contribution is 5.87. The molecule has 0 radical (unpaired) electrons. The Balaban J connectivity index is 0.00000240. The highest BCUT2D eigenvalue weighted by Crippen LogP contribution is 2.31. The van der Waals surface area contributed by atoms with Gasteiger partial charge in [-0.25, -0.2) is 4.79 Å². The normalized spacial score (nSPS) is 21.9. The molecule has 2 saturated heterocycles. The van der Waals surface area contributed by atoms with E-state index in [1.54, 1.807) is 0 Å². The number of fused-ring (bicyclic) bond motifs is 1. The van der Waals surface area contributed by atoms with Crippen molar-refractivity contribution in [3.8, 4) is 0 Å². The lowest BCUT2D eigenvalue weighted by molar-refractivity contribution is -0.896. The molecule has 1 aromatic carbocycles. The van der Waals surface area contributed by atoms with Crippen molar-refractivity contribution in [1.29, 1.82) is 0 Å². The molecule has 3 heterocycles. The van der Waals surface area contributed by atoms with E-state index in [1.807, 2.05) is 24.3 Å². The summed E-state index contributed by atoms with van der Waals surface area (Å²) in [5.74, 6) is -0.168. The van der Waals surface area contributed by atoms with Crippen LogP contribution in [-0.2, 0) is 9.53 Å². The lowest BCUT2D eigenvalue weighted by Gasteiger charge is -2.37. The van der Waals surface area contributed by atoms with Crippen molar-refractivity contribution in [1.82, 2.24) is 10.1 Å². The van der Waals surface area contributed by atoms with Gasteiger partial charge in [0.15, 0.2) is 11.6 Å². The van der Waals surface area contributed by atoms with Crippen LogP contribution >= 0.6 is 0 Å². The summed E-state index contributed by atoms with van der Waals surface area (Å²) < 4.78 is 12.6. The number of hydrogen-bond acceptors (Lipinski definition) is 5. The Morgan fingerprint density at radius 3 is 2.48 bits per heavy atom. The minimum Gasteiger partial charge on any atom is -1.00 e. The average Bonchev–Trinajstić information content (AvgIpc) is 2.91. The van der Waals surface area contributed by atoms with Gasteiger partial charge >= 0.3 is 5.97 Å². The predicted octanol–water partition coefficient (Wildman–Crippen LogP) is 0.531. The molecule has 0 N–H and O–H groups in total. The predicted molar refractivity (Wildman–Crippen MR) is 108 cm³/mol. The largest absolute Gasteiger partial charge is 1.00 e. The van der Waals surface area contributed by atoms with Crippen LogP contribution in [0.15, 0.2) is 28.8 Å². The molecular formula is C22H32BrN3O3. The number of piperidine rings is 1. The Morgan fingerprint density at radius 1 is 1.14 bits per heavy atom. The molecule has 2 aliphatic heterocycles. The van der Waals surface area contributed by atoms with Crippen LogP contribution in [0.3, 0.4) is 0 Å². The summed E-state index contributed by atoms with van der Waals surface area (Å²) in [4.78, 5) is 15.6. The Labute approximate surface area is 183 Å². The first kappa shape index (κ1) is 22.2. The van der Waals surface area contributed by atoms with Crippen molar-refractivity contribution < 1.29 is 35.5 Å². The molecule has 0 spiro atoms. The first-order valence-electron chi connectivity index (χ1n) is 10.6. The second kappa shape index (κ2) is 9.58. The summed E-state index contributed by atoms with van der Waals surface area (Å²) in [6.45, 7) is 3.88. The number of hydrogen-bond donors (Lipinski definition) is 0. The molecule has 1 atom stereocenters. The molecule has 160 valence electrons. The fraction of sp³-hybridized carbons (Fsp3) is 0.636. The second-order valence-electron chi connectivity index (χ2n) is 8.94. The third-order valence-electron chi connectivity index (χ3n) is 6.29. The van der Waals surface area contributed by atoms with Crippen LogP contribution in [0.25, 0.3) is 11.0 Å². The fourth-order valence-corrected chi connectivity index (χ4v) is 4.48. The highest BCUT2D eigenvalue weighted by atomic mass is 79.9. The maximum absolute atomic E-state index is 13.4. The van der Waals surface area contributed by atoms with Gasteiger partial charge in [-0.1, -0.05) is 30.1 Å². The van der Waals surface area contributed by atoms with Crippen LogP contribution in [0, 0.1) is 0 Å². The molecule has 0 saturated carbocycles. The molecule has 1 aromatic heterocycles. The van der Waals surface area contributed by atoms with Gasteiger partial charge in [0.05, 0.1) is 27.2 Å². The van der Waals surface area contributed by atoms with E-state index in [0.717, 1.165) is 67.3 Å². The van der Waals surface area contributed by atoms with Gasteiger partial charge in [0.25, 0.3) is 0 Å². The van der Waals surface area contributed by atoms with E-state index in [2.05, 4.69) is 24.2 Å². The molecule has 2 aliphatic rings. The number of likely N-dealkylation sites (tertiary alicyclic amines) is 2. The van der Waals surface area contributed by atoms with Gasteiger partial charge < -0.3 is 30.7 Å². The Kier molecular flexibility index (Phi) is 7.35. The van der Waals surface area contributed by atoms with Gasteiger partial charge in [0.2, 0.25) is 0 Å². The number of halogens is 1. The number of rotatable bonds is 4. The second-order valence-corrected chi connectivity index (χ2v) is 8.94. The molecule has 6 nitrogen and oxygen atoms in total. The Morgan fingerprint density at radius 2 is 1.79 bits per heavy atom. The first-order chi connectivity index (χ1) is 13.5. The van der Waals surface area contributed by atoms with Gasteiger partial charge in [-0.2, -0.15) is 0 Å². The number of carbonyl (C=O) groups is 1. The van der Waals surface area contributed by atoms with E-state index >= 15 is 0 Å². The van der Waals surface area contributed by atoms with Crippen molar-refractivity contribution in [2.75, 3.05) is 40.3 Å². The van der Waals surface area contributed by atoms with Gasteiger partial charge in [0, 0.05) is 18.2 Å². The van der Waals surface area contributed by atoms with E-state index in [9.17, 15) is 4.79 Å². The summed E-state index contributed by atoms with van der Waals surface area (Å²) in [6, 6.07) is 7.30. The number of nitrogens with zero attached hydrogens (tertiary/aromatic N) is 3. The van der Waals surface area contributed by atoms with Gasteiger partial charge in [-0.05, 0) is 38.1 Å². The van der Waals surface area contributed by atoms with Gasteiger partial charge in [-0.3, -0.25) is 4.90 Å². The third-order valence-corrected chi connectivity index (χ3v) is 6.29. The van der Waals surface area contributed by atoms with Crippen LogP contribution in [0.2, 0.25) is 0 Å². The monoisotopic (exact) mass is 465 g/mol. The van der Waals surface area contributed by atoms with E-state index in [1.165, 1.54) is 12.8 Å². The molecule has 7 heteroatoms. The zero-order chi connectivity index (χ0) is 19.6. The maximum atomic E-state index is 13.4. The molecule has 1 unspecified atom stereocenters. The minimum absolute atomic E-state index is 0. The zero-order valence-electron chi connectivity index (χ0n) is 17.5. The summed E-state index contributed by atoms with van der Waals surface area (Å²) in [5.41, 5.74) is 1.43. The van der Waals surface area contributed by atoms with Crippen LogP contribution in [0.1, 0.15) is 50.3 Å². The number of para-hydroxylation sites is 1. The number of quaternary nitrogens is 1. The molecular weight excluding hydrogens is 434 g/mol. The van der Waals surface area contributed by atoms with Crippen molar-refractivity contribution >= 4 is 16.9 Å². The number of esters is 1. The number of aromatic nitrogens is 1. The topological polar surface area (TPSA) is 55.6 Å². The van der Waals surface area contributed by atoms with Crippen LogP contribution in [-0.4, -0.2) is 66.9 Å². The van der Waals surface area contributed by atoms with E-state index in [4.69, 9.17) is 9.26 Å². The number of carbonyl (C=O) groups excluding carboxylic acids is 1. The van der Waals surface area contributed by atoms with E-state index < -0.39 is 6.04 Å². The molecule has 4 rings (SSSR count). The van der Waals surface area contributed by atoms with Crippen molar-refractivity contribution in [3.63, 3.8) is 0 Å². The molecule has 2 fully saturated rings. The molecule has 0 aliphatic carbocycles. The van der Waals surface area contributed by atoms with Crippen molar-refractivity contribution in [2.45, 2.75) is 50.7 Å². The van der Waals surface area contributed by atoms with Crippen molar-refractivity contribution in [2.24, 2.45) is 0 Å². The fourth-order valence-electron chi connectivity index (χ4n) is 4.48. The number of benzene rings is 1. The standard InChI is InChI=1S/C22H32N3O3.BrH/c1-25(2)15-11-17(12-16-25)27-22(26)21(24-13-7-3-4-8-14-24)20-18-9-5-6-10-19(18)28-23-20;/h5-6,9-10,17,21H,3-4,7-8,11-16H2,1-2H3;1H/q+1;/p-1. The SMILES string of the molecule is C[N+]1(C)CCC(OC(=O)C(c2noc3ccccc23)N2CCCCCC2)CC1.[Br-]. The highest BCUT2D eigenvalue weighted by Gasteiger charge is 2.36. The van der Waals surface area contributed by atoms with Crippen molar-refractivity contribution in [3.05, 3.63) is 30.0 Å². The quantitative estimate of drug-likeness (QED) is 0.486. The minimum atomic E-state index is -0.480. The maximum Gasteiger partial charge on any atom is 0.330 e. The lowest BCUT2D eigenvalue weighted by Crippen LogP contribution is -3.00. The Bertz CT molecular complexity index is 804. The first-order valence-corrected chi connectivity index (χ1v) is 10.6. The zero-order valence-corrected chi connectivity index (χ0v) is 19.1. The summed E-state index contributed by atoms with van der Waals surface area (Å²) in [7, 11) is 4.47. The summed E-state index contributed by atoms with van der Waals surface area (Å²) in [6.07, 6.45) is 6.49. The van der Waals surface area contributed by atoms with Gasteiger partial charge in [-0.15, -0.1) is 0 Å². The van der Waals surface area contributed by atoms with Gasteiger partial charge in [0.1, 0.15) is 11.8 Å². The third kappa shape index (κ3) is 5.19. The number of ether oxygens (including phenoxy) is 1. The molecule has 0 bridgehead atoms. The average molecular weight is 466 g/mol. The van der Waals surface area contributed by atoms with Crippen LogP contribution in [0.5, 0.6) is 0 Å².